The molecule has 1 atom stereocenters. The predicted molar refractivity (Wildman–Crippen MR) is 131 cm³/mol. The van der Waals surface area contributed by atoms with Gasteiger partial charge >= 0.3 is 6.03 Å². The zero-order valence-electron chi connectivity index (χ0n) is 20.4. The highest BCUT2D eigenvalue weighted by Gasteiger charge is 2.56. The second-order valence-electron chi connectivity index (χ2n) is 11.1. The molecule has 2 saturated heterocycles. The highest BCUT2D eigenvalue weighted by molar-refractivity contribution is 5.76. The molecule has 1 spiro atoms. The molecule has 1 saturated carbocycles. The first-order valence-corrected chi connectivity index (χ1v) is 12.6. The minimum absolute atomic E-state index is 0.0990. The lowest BCUT2D eigenvalue weighted by molar-refractivity contribution is -0.136. The van der Waals surface area contributed by atoms with Gasteiger partial charge in [-0.05, 0) is 46.0 Å². The van der Waals surface area contributed by atoms with E-state index < -0.39 is 5.60 Å². The molecule has 34 heavy (non-hydrogen) atoms. The molecule has 2 aliphatic heterocycles. The fraction of sp³-hybridized carbons (Fsp3) is 0.593. The van der Waals surface area contributed by atoms with Gasteiger partial charge in [0.05, 0.1) is 24.2 Å². The fourth-order valence-corrected chi connectivity index (χ4v) is 6.49. The predicted octanol–water partition coefficient (Wildman–Crippen LogP) is 3.90. The van der Waals surface area contributed by atoms with Crippen LogP contribution in [0.3, 0.4) is 0 Å². The number of piperidine rings is 1. The van der Waals surface area contributed by atoms with E-state index in [1.807, 2.05) is 40.1 Å². The van der Waals surface area contributed by atoms with E-state index in [0.29, 0.717) is 25.2 Å². The lowest BCUT2D eigenvalue weighted by Crippen LogP contribution is -2.64. The van der Waals surface area contributed by atoms with Crippen LogP contribution in [0.25, 0.3) is 11.3 Å². The third kappa shape index (κ3) is 3.94. The van der Waals surface area contributed by atoms with Crippen LogP contribution in [-0.4, -0.2) is 61.3 Å². The molecule has 1 N–H and O–H groups in total. The summed E-state index contributed by atoms with van der Waals surface area (Å²) in [6.07, 6.45) is 7.93. The van der Waals surface area contributed by atoms with Gasteiger partial charge in [0, 0.05) is 42.2 Å². The van der Waals surface area contributed by atoms with E-state index in [2.05, 4.69) is 18.8 Å². The second-order valence-corrected chi connectivity index (χ2v) is 11.1. The van der Waals surface area contributed by atoms with Crippen molar-refractivity contribution >= 4 is 6.03 Å². The van der Waals surface area contributed by atoms with Crippen LogP contribution in [-0.2, 0) is 6.54 Å². The Morgan fingerprint density at radius 1 is 1.03 bits per heavy atom. The van der Waals surface area contributed by atoms with E-state index in [-0.39, 0.29) is 29.1 Å². The topological polar surface area (TPSA) is 78.7 Å². The molecule has 1 unspecified atom stereocenters. The monoisotopic (exact) mass is 464 g/mol. The Balaban J connectivity index is 1.38. The van der Waals surface area contributed by atoms with Crippen molar-refractivity contribution in [2.24, 2.45) is 5.41 Å². The molecule has 2 aromatic rings. The Morgan fingerprint density at radius 2 is 1.76 bits per heavy atom. The quantitative estimate of drug-likeness (QED) is 0.747. The van der Waals surface area contributed by atoms with Crippen molar-refractivity contribution in [3.05, 3.63) is 53.1 Å². The number of aromatic nitrogens is 2. The Labute approximate surface area is 201 Å². The zero-order valence-corrected chi connectivity index (χ0v) is 20.4. The maximum atomic E-state index is 13.5. The number of urea groups is 1. The standard InChI is InChI=1S/C27H36N4O3/c1-25(2)11-8-15-31(25)24(33)29-16-14-27(34,26(18-29)12-6-7-13-26)19-30-20-28-22(17-23(30)32)21-9-4-3-5-10-21/h3-5,9-10,17,20,34H,6-8,11-16,18-19H2,1-2H3. The van der Waals surface area contributed by atoms with Crippen molar-refractivity contribution in [3.8, 4) is 11.3 Å². The summed E-state index contributed by atoms with van der Waals surface area (Å²) in [5, 5.41) is 12.0. The highest BCUT2D eigenvalue weighted by atomic mass is 16.3. The molecule has 1 aliphatic carbocycles. The summed E-state index contributed by atoms with van der Waals surface area (Å²) in [4.78, 5) is 34.9. The smallest absolute Gasteiger partial charge is 0.320 e. The van der Waals surface area contributed by atoms with Gasteiger partial charge in [-0.15, -0.1) is 0 Å². The first-order valence-electron chi connectivity index (χ1n) is 12.6. The molecule has 5 rings (SSSR count). The Morgan fingerprint density at radius 3 is 2.41 bits per heavy atom. The third-order valence-corrected chi connectivity index (χ3v) is 8.62. The molecular formula is C27H36N4O3. The molecule has 182 valence electrons. The van der Waals surface area contributed by atoms with Crippen molar-refractivity contribution < 1.29 is 9.90 Å². The van der Waals surface area contributed by atoms with Gasteiger partial charge in [0.1, 0.15) is 0 Å². The molecule has 3 heterocycles. The lowest BCUT2D eigenvalue weighted by atomic mass is 9.66. The van der Waals surface area contributed by atoms with E-state index >= 15 is 0 Å². The number of carbonyl (C=O) groups is 1. The van der Waals surface area contributed by atoms with Crippen LogP contribution in [0.5, 0.6) is 0 Å². The Hall–Kier alpha value is -2.67. The maximum absolute atomic E-state index is 13.5. The molecule has 7 heteroatoms. The van der Waals surface area contributed by atoms with Crippen molar-refractivity contribution in [1.29, 1.82) is 0 Å². The number of hydrogen-bond acceptors (Lipinski definition) is 4. The van der Waals surface area contributed by atoms with Crippen molar-refractivity contribution in [3.63, 3.8) is 0 Å². The number of likely N-dealkylation sites (tertiary alicyclic amines) is 2. The van der Waals surface area contributed by atoms with Crippen LogP contribution in [0.4, 0.5) is 4.79 Å². The molecular weight excluding hydrogens is 428 g/mol. The van der Waals surface area contributed by atoms with E-state index in [4.69, 9.17) is 0 Å². The summed E-state index contributed by atoms with van der Waals surface area (Å²) in [5.74, 6) is 0. The fourth-order valence-electron chi connectivity index (χ4n) is 6.49. The average molecular weight is 465 g/mol. The van der Waals surface area contributed by atoms with Crippen LogP contribution in [0.2, 0.25) is 0 Å². The van der Waals surface area contributed by atoms with Gasteiger partial charge in [-0.2, -0.15) is 0 Å². The molecule has 3 aliphatic rings. The van der Waals surface area contributed by atoms with Crippen LogP contribution in [0, 0.1) is 5.41 Å². The Kier molecular flexibility index (Phi) is 5.79. The Bertz CT molecular complexity index is 1110. The third-order valence-electron chi connectivity index (χ3n) is 8.62. The molecule has 0 bridgehead atoms. The number of amides is 2. The van der Waals surface area contributed by atoms with Gasteiger partial charge in [-0.1, -0.05) is 43.2 Å². The first kappa shape index (κ1) is 23.1. The van der Waals surface area contributed by atoms with Crippen LogP contribution >= 0.6 is 0 Å². The SMILES string of the molecule is CC1(C)CCCN1C(=O)N1CCC(O)(Cn2cnc(-c3ccccc3)cc2=O)C2(CCCC2)C1. The van der Waals surface area contributed by atoms with Crippen molar-refractivity contribution in [2.75, 3.05) is 19.6 Å². The van der Waals surface area contributed by atoms with E-state index in [0.717, 1.165) is 50.6 Å². The molecule has 1 aromatic carbocycles. The van der Waals surface area contributed by atoms with E-state index in [9.17, 15) is 14.7 Å². The first-order chi connectivity index (χ1) is 16.2. The molecule has 3 fully saturated rings. The molecule has 1 aromatic heterocycles. The van der Waals surface area contributed by atoms with Gasteiger partial charge in [-0.25, -0.2) is 9.78 Å². The zero-order chi connectivity index (χ0) is 24.0. The van der Waals surface area contributed by atoms with Gasteiger partial charge in [0.2, 0.25) is 0 Å². The molecule has 0 radical (unpaired) electrons. The number of nitrogens with zero attached hydrogens (tertiary/aromatic N) is 4. The van der Waals surface area contributed by atoms with Gasteiger partial charge in [-0.3, -0.25) is 9.36 Å². The number of carbonyl (C=O) groups excluding carboxylic acids is 1. The van der Waals surface area contributed by atoms with Gasteiger partial charge in [0.25, 0.3) is 5.56 Å². The average Bonchev–Trinajstić information content (AvgIpc) is 3.44. The summed E-state index contributed by atoms with van der Waals surface area (Å²) >= 11 is 0. The number of aliphatic hydroxyl groups is 1. The number of benzene rings is 1. The lowest BCUT2D eigenvalue weighted by Gasteiger charge is -2.53. The normalized spacial score (nSPS) is 25.7. The van der Waals surface area contributed by atoms with Gasteiger partial charge in [0.15, 0.2) is 0 Å². The summed E-state index contributed by atoms with van der Waals surface area (Å²) < 4.78 is 1.55. The van der Waals surface area contributed by atoms with Crippen LogP contribution in [0.15, 0.2) is 47.5 Å². The highest BCUT2D eigenvalue weighted by Crippen LogP contribution is 2.52. The molecule has 7 nitrogen and oxygen atoms in total. The van der Waals surface area contributed by atoms with Crippen molar-refractivity contribution in [1.82, 2.24) is 19.4 Å². The minimum Gasteiger partial charge on any atom is -0.387 e. The van der Waals surface area contributed by atoms with Crippen molar-refractivity contribution in [2.45, 2.75) is 76.5 Å². The van der Waals surface area contributed by atoms with Gasteiger partial charge < -0.3 is 14.9 Å². The summed E-state index contributed by atoms with van der Waals surface area (Å²) in [6, 6.07) is 11.3. The van der Waals surface area contributed by atoms with Crippen LogP contribution < -0.4 is 5.56 Å². The maximum Gasteiger partial charge on any atom is 0.320 e. The summed E-state index contributed by atoms with van der Waals surface area (Å²) in [5.41, 5.74) is -0.170. The second kappa shape index (κ2) is 8.52. The summed E-state index contributed by atoms with van der Waals surface area (Å²) in [6.45, 7) is 6.36. The number of hydrogen-bond donors (Lipinski definition) is 1. The molecule has 2 amide bonds. The minimum atomic E-state index is -1.04. The van der Waals surface area contributed by atoms with Crippen LogP contribution in [0.1, 0.15) is 58.8 Å². The largest absolute Gasteiger partial charge is 0.387 e. The van der Waals surface area contributed by atoms with E-state index in [1.165, 1.54) is 0 Å². The summed E-state index contributed by atoms with van der Waals surface area (Å²) in [7, 11) is 0. The van der Waals surface area contributed by atoms with E-state index in [1.54, 1.807) is 17.0 Å². The number of rotatable bonds is 3.